The number of fused-ring (bicyclic) bond motifs is 1. The summed E-state index contributed by atoms with van der Waals surface area (Å²) in [5.41, 5.74) is -0.580. The van der Waals surface area contributed by atoms with E-state index in [1.165, 1.54) is 24.3 Å². The third-order valence-corrected chi connectivity index (χ3v) is 7.81. The van der Waals surface area contributed by atoms with Crippen LogP contribution in [-0.2, 0) is 29.3 Å². The molecule has 0 aliphatic heterocycles. The molecule has 4 nitrogen and oxygen atoms in total. The lowest BCUT2D eigenvalue weighted by molar-refractivity contribution is -0.140. The van der Waals surface area contributed by atoms with Crippen molar-refractivity contribution in [3.05, 3.63) is 65.0 Å². The fourth-order valence-corrected chi connectivity index (χ4v) is 5.86. The molecule has 0 N–H and O–H groups in total. The SMILES string of the molecule is CCS(=O)(=O)N(Cc1ccc(F)c(C(F)(F)F)c1)c1sc2ccccc2c1CN(C)C. The van der Waals surface area contributed by atoms with Gasteiger partial charge < -0.3 is 4.90 Å². The van der Waals surface area contributed by atoms with E-state index < -0.39 is 27.6 Å². The van der Waals surface area contributed by atoms with E-state index in [0.717, 1.165) is 26.0 Å². The molecule has 168 valence electrons. The van der Waals surface area contributed by atoms with Crippen LogP contribution in [0.4, 0.5) is 22.6 Å². The molecular weight excluding hydrogens is 452 g/mol. The van der Waals surface area contributed by atoms with Crippen molar-refractivity contribution in [2.24, 2.45) is 0 Å². The second-order valence-electron chi connectivity index (χ2n) is 7.34. The Bertz CT molecular complexity index is 1190. The van der Waals surface area contributed by atoms with Crippen LogP contribution in [0.5, 0.6) is 0 Å². The topological polar surface area (TPSA) is 40.6 Å². The summed E-state index contributed by atoms with van der Waals surface area (Å²) in [6.07, 6.45) is -4.87. The first kappa shape index (κ1) is 23.5. The van der Waals surface area contributed by atoms with E-state index in [2.05, 4.69) is 0 Å². The van der Waals surface area contributed by atoms with Gasteiger partial charge in [0.05, 0.1) is 17.9 Å². The van der Waals surface area contributed by atoms with E-state index in [-0.39, 0.29) is 17.9 Å². The van der Waals surface area contributed by atoms with Crippen LogP contribution in [-0.4, -0.2) is 33.2 Å². The average molecular weight is 475 g/mol. The highest BCUT2D eigenvalue weighted by molar-refractivity contribution is 7.92. The van der Waals surface area contributed by atoms with Crippen molar-refractivity contribution < 1.29 is 26.0 Å². The number of benzene rings is 2. The van der Waals surface area contributed by atoms with Crippen LogP contribution in [0.3, 0.4) is 0 Å². The van der Waals surface area contributed by atoms with E-state index in [0.29, 0.717) is 17.6 Å². The van der Waals surface area contributed by atoms with Crippen molar-refractivity contribution in [1.29, 1.82) is 0 Å². The van der Waals surface area contributed by atoms with Crippen LogP contribution in [0.2, 0.25) is 0 Å². The van der Waals surface area contributed by atoms with Crippen LogP contribution in [0.15, 0.2) is 42.5 Å². The maximum Gasteiger partial charge on any atom is 0.419 e. The highest BCUT2D eigenvalue weighted by Crippen LogP contribution is 2.41. The van der Waals surface area contributed by atoms with E-state index in [9.17, 15) is 26.0 Å². The molecule has 0 amide bonds. The molecular formula is C21H22F4N2O2S2. The Morgan fingerprint density at radius 2 is 1.71 bits per heavy atom. The van der Waals surface area contributed by atoms with Gasteiger partial charge in [0.1, 0.15) is 10.8 Å². The molecule has 1 heterocycles. The van der Waals surface area contributed by atoms with E-state index >= 15 is 0 Å². The Kier molecular flexibility index (Phi) is 6.64. The van der Waals surface area contributed by atoms with E-state index in [1.807, 2.05) is 43.3 Å². The van der Waals surface area contributed by atoms with Gasteiger partial charge in [-0.25, -0.2) is 12.8 Å². The first-order chi connectivity index (χ1) is 14.4. The number of halogens is 4. The average Bonchev–Trinajstić information content (AvgIpc) is 3.03. The van der Waals surface area contributed by atoms with Crippen LogP contribution < -0.4 is 4.31 Å². The summed E-state index contributed by atoms with van der Waals surface area (Å²) in [6, 6.07) is 10.0. The Labute approximate surface area is 182 Å². The molecule has 0 atom stereocenters. The van der Waals surface area contributed by atoms with Crippen molar-refractivity contribution in [1.82, 2.24) is 4.90 Å². The second-order valence-corrected chi connectivity index (χ2v) is 10.6. The minimum atomic E-state index is -4.87. The van der Waals surface area contributed by atoms with Crippen molar-refractivity contribution in [2.75, 3.05) is 24.2 Å². The van der Waals surface area contributed by atoms with E-state index in [4.69, 9.17) is 0 Å². The molecule has 31 heavy (non-hydrogen) atoms. The fourth-order valence-electron chi connectivity index (χ4n) is 3.26. The second kappa shape index (κ2) is 8.76. The summed E-state index contributed by atoms with van der Waals surface area (Å²) in [5.74, 6) is -1.62. The van der Waals surface area contributed by atoms with Gasteiger partial charge in [0.15, 0.2) is 0 Å². The summed E-state index contributed by atoms with van der Waals surface area (Å²) in [6.45, 7) is 1.60. The van der Waals surface area contributed by atoms with Gasteiger partial charge in [0.25, 0.3) is 0 Å². The largest absolute Gasteiger partial charge is 0.419 e. The van der Waals surface area contributed by atoms with Gasteiger partial charge in [0, 0.05) is 16.8 Å². The molecule has 2 aromatic carbocycles. The number of sulfonamides is 1. The van der Waals surface area contributed by atoms with Gasteiger partial charge >= 0.3 is 6.18 Å². The van der Waals surface area contributed by atoms with E-state index in [1.54, 1.807) is 0 Å². The predicted molar refractivity (Wildman–Crippen MR) is 116 cm³/mol. The van der Waals surface area contributed by atoms with Gasteiger partial charge in [-0.1, -0.05) is 24.3 Å². The first-order valence-electron chi connectivity index (χ1n) is 9.45. The maximum absolute atomic E-state index is 13.7. The molecule has 0 fully saturated rings. The van der Waals surface area contributed by atoms with Gasteiger partial charge in [0.2, 0.25) is 10.0 Å². The predicted octanol–water partition coefficient (Wildman–Crippen LogP) is 5.48. The van der Waals surface area contributed by atoms with Gasteiger partial charge in [-0.05, 0) is 50.2 Å². The monoisotopic (exact) mass is 474 g/mol. The molecule has 0 saturated heterocycles. The number of alkyl halides is 3. The Balaban J connectivity index is 2.17. The first-order valence-corrected chi connectivity index (χ1v) is 11.9. The van der Waals surface area contributed by atoms with Crippen molar-refractivity contribution in [2.45, 2.75) is 26.2 Å². The zero-order valence-corrected chi connectivity index (χ0v) is 18.8. The third kappa shape index (κ3) is 5.02. The molecule has 3 rings (SSSR count). The molecule has 10 heteroatoms. The minimum absolute atomic E-state index is 0.0546. The summed E-state index contributed by atoms with van der Waals surface area (Å²) in [5, 5.41) is 1.34. The van der Waals surface area contributed by atoms with Crippen molar-refractivity contribution in [3.63, 3.8) is 0 Å². The van der Waals surface area contributed by atoms with Crippen LogP contribution in [0.25, 0.3) is 10.1 Å². The lowest BCUT2D eigenvalue weighted by atomic mass is 10.1. The van der Waals surface area contributed by atoms with Gasteiger partial charge in [-0.15, -0.1) is 11.3 Å². The standard InChI is InChI=1S/C21H22F4N2O2S2/c1-4-31(28,29)27(12-14-9-10-18(22)17(11-14)21(23,24)25)20-16(13-26(2)3)15-7-5-6-8-19(15)30-20/h5-11H,4,12-13H2,1-3H3. The summed E-state index contributed by atoms with van der Waals surface area (Å²) in [4.78, 5) is 1.90. The molecule has 0 aliphatic rings. The zero-order chi connectivity index (χ0) is 23.0. The number of nitrogens with zero attached hydrogens (tertiary/aromatic N) is 2. The quantitative estimate of drug-likeness (QED) is 0.426. The maximum atomic E-state index is 13.7. The number of thiophene rings is 1. The summed E-state index contributed by atoms with van der Waals surface area (Å²) in [7, 11) is -0.122. The molecule has 0 unspecified atom stereocenters. The lowest BCUT2D eigenvalue weighted by Crippen LogP contribution is -2.32. The highest BCUT2D eigenvalue weighted by Gasteiger charge is 2.35. The summed E-state index contributed by atoms with van der Waals surface area (Å²) >= 11 is 1.27. The molecule has 1 aromatic heterocycles. The smallest absolute Gasteiger partial charge is 0.305 e. The van der Waals surface area contributed by atoms with Crippen LogP contribution in [0, 0.1) is 5.82 Å². The molecule has 0 spiro atoms. The number of rotatable bonds is 7. The molecule has 0 aliphatic carbocycles. The summed E-state index contributed by atoms with van der Waals surface area (Å²) < 4.78 is 81.2. The normalized spacial score (nSPS) is 12.6. The fraction of sp³-hybridized carbons (Fsp3) is 0.333. The van der Waals surface area contributed by atoms with Gasteiger partial charge in [-0.2, -0.15) is 13.2 Å². The van der Waals surface area contributed by atoms with Crippen LogP contribution >= 0.6 is 11.3 Å². The Hall–Kier alpha value is -2.17. The number of hydrogen-bond acceptors (Lipinski definition) is 4. The number of anilines is 1. The molecule has 0 radical (unpaired) electrons. The minimum Gasteiger partial charge on any atom is -0.305 e. The Morgan fingerprint density at radius 1 is 1.03 bits per heavy atom. The molecule has 0 saturated carbocycles. The third-order valence-electron chi connectivity index (χ3n) is 4.74. The highest BCUT2D eigenvalue weighted by atomic mass is 32.2. The van der Waals surface area contributed by atoms with Gasteiger partial charge in [-0.3, -0.25) is 4.31 Å². The molecule has 3 aromatic rings. The number of hydrogen-bond donors (Lipinski definition) is 0. The van der Waals surface area contributed by atoms with Crippen molar-refractivity contribution >= 4 is 36.4 Å². The lowest BCUT2D eigenvalue weighted by Gasteiger charge is -2.25. The van der Waals surface area contributed by atoms with Crippen LogP contribution in [0.1, 0.15) is 23.6 Å². The molecule has 0 bridgehead atoms. The Morgan fingerprint density at radius 3 is 2.32 bits per heavy atom. The zero-order valence-electron chi connectivity index (χ0n) is 17.2. The van der Waals surface area contributed by atoms with Crippen molar-refractivity contribution in [3.8, 4) is 0 Å².